The van der Waals surface area contributed by atoms with E-state index in [0.29, 0.717) is 12.1 Å². The number of hydrogen-bond acceptors (Lipinski definition) is 3. The van der Waals surface area contributed by atoms with Gasteiger partial charge >= 0.3 is 10.1 Å². The topological polar surface area (TPSA) is 43.4 Å². The van der Waals surface area contributed by atoms with Gasteiger partial charge < -0.3 is 4.18 Å². The first-order valence-electron chi connectivity index (χ1n) is 5.14. The van der Waals surface area contributed by atoms with Crippen LogP contribution in [0.15, 0.2) is 41.3 Å². The third-order valence-electron chi connectivity index (χ3n) is 2.26. The standard InChI is InChI=1S/C12H6Cl2F2O3S/c13-9-3-2-8(6-10(9)14)19-20(17,18)12-5-7(15)1-4-11(12)16/h1-6H. The fourth-order valence-electron chi connectivity index (χ4n) is 1.37. The molecule has 0 aromatic heterocycles. The Morgan fingerprint density at radius 2 is 1.65 bits per heavy atom. The quantitative estimate of drug-likeness (QED) is 0.793. The molecule has 2 rings (SSSR count). The Bertz CT molecular complexity index is 763. The molecule has 2 aromatic rings. The van der Waals surface area contributed by atoms with Gasteiger partial charge in [0.2, 0.25) is 0 Å². The van der Waals surface area contributed by atoms with Crippen LogP contribution in [0.2, 0.25) is 10.0 Å². The SMILES string of the molecule is O=S(=O)(Oc1ccc(Cl)c(Cl)c1)c1cc(F)ccc1F. The molecule has 0 aliphatic rings. The van der Waals surface area contributed by atoms with Gasteiger partial charge in [-0.05, 0) is 30.3 Å². The van der Waals surface area contributed by atoms with E-state index in [-0.39, 0.29) is 15.8 Å². The van der Waals surface area contributed by atoms with Crippen LogP contribution in [0.5, 0.6) is 5.75 Å². The molecule has 0 bridgehead atoms. The average Bonchev–Trinajstić information content (AvgIpc) is 2.36. The van der Waals surface area contributed by atoms with Gasteiger partial charge in [0.1, 0.15) is 22.3 Å². The molecule has 0 saturated carbocycles. The number of rotatable bonds is 3. The zero-order valence-corrected chi connectivity index (χ0v) is 11.9. The maximum absolute atomic E-state index is 13.4. The van der Waals surface area contributed by atoms with Crippen LogP contribution < -0.4 is 4.18 Å². The van der Waals surface area contributed by atoms with E-state index in [2.05, 4.69) is 4.18 Å². The fourth-order valence-corrected chi connectivity index (χ4v) is 2.67. The first-order valence-corrected chi connectivity index (χ1v) is 7.30. The highest BCUT2D eigenvalue weighted by Crippen LogP contribution is 2.28. The lowest BCUT2D eigenvalue weighted by Crippen LogP contribution is -2.12. The molecule has 0 heterocycles. The van der Waals surface area contributed by atoms with E-state index in [1.807, 2.05) is 0 Å². The lowest BCUT2D eigenvalue weighted by Gasteiger charge is -2.08. The summed E-state index contributed by atoms with van der Waals surface area (Å²) in [5.41, 5.74) is 0. The molecule has 3 nitrogen and oxygen atoms in total. The average molecular weight is 339 g/mol. The first kappa shape index (κ1) is 15.0. The van der Waals surface area contributed by atoms with E-state index in [1.165, 1.54) is 12.1 Å². The second kappa shape index (κ2) is 5.55. The van der Waals surface area contributed by atoms with Gasteiger partial charge in [0.25, 0.3) is 0 Å². The summed E-state index contributed by atoms with van der Waals surface area (Å²) < 4.78 is 54.9. The lowest BCUT2D eigenvalue weighted by atomic mass is 10.3. The summed E-state index contributed by atoms with van der Waals surface area (Å²) in [6, 6.07) is 5.73. The maximum Gasteiger partial charge on any atom is 0.342 e. The maximum atomic E-state index is 13.4. The van der Waals surface area contributed by atoms with Crippen molar-refractivity contribution in [2.75, 3.05) is 0 Å². The molecule has 20 heavy (non-hydrogen) atoms. The van der Waals surface area contributed by atoms with Gasteiger partial charge in [0, 0.05) is 6.07 Å². The van der Waals surface area contributed by atoms with Crippen molar-refractivity contribution in [3.63, 3.8) is 0 Å². The molecule has 0 aliphatic carbocycles. The summed E-state index contributed by atoms with van der Waals surface area (Å²) in [4.78, 5) is -0.899. The molecule has 0 spiro atoms. The molecular formula is C12H6Cl2F2O3S. The highest BCUT2D eigenvalue weighted by atomic mass is 35.5. The molecule has 8 heteroatoms. The van der Waals surface area contributed by atoms with Crippen LogP contribution in [0.25, 0.3) is 0 Å². The van der Waals surface area contributed by atoms with Crippen LogP contribution >= 0.6 is 23.2 Å². The Labute approximate surface area is 123 Å². The Morgan fingerprint density at radius 3 is 2.30 bits per heavy atom. The van der Waals surface area contributed by atoms with Crippen molar-refractivity contribution in [1.29, 1.82) is 0 Å². The molecule has 2 aromatic carbocycles. The molecule has 0 fully saturated rings. The number of halogens is 4. The Morgan fingerprint density at radius 1 is 0.950 bits per heavy atom. The smallest absolute Gasteiger partial charge is 0.342 e. The van der Waals surface area contributed by atoms with E-state index < -0.39 is 26.6 Å². The Hall–Kier alpha value is -1.37. The van der Waals surface area contributed by atoms with E-state index in [4.69, 9.17) is 23.2 Å². The normalized spacial score (nSPS) is 11.4. The van der Waals surface area contributed by atoms with Crippen molar-refractivity contribution in [3.8, 4) is 5.75 Å². The van der Waals surface area contributed by atoms with E-state index in [0.717, 1.165) is 12.1 Å². The number of benzene rings is 2. The minimum atomic E-state index is -4.51. The van der Waals surface area contributed by atoms with Crippen molar-refractivity contribution >= 4 is 33.3 Å². The summed E-state index contributed by atoms with van der Waals surface area (Å²) in [6.07, 6.45) is 0. The molecule has 0 aliphatic heterocycles. The highest BCUT2D eigenvalue weighted by Gasteiger charge is 2.22. The van der Waals surface area contributed by atoms with Gasteiger partial charge in [-0.25, -0.2) is 8.78 Å². The molecule has 106 valence electrons. The Balaban J connectivity index is 2.40. The fraction of sp³-hybridized carbons (Fsp3) is 0. The van der Waals surface area contributed by atoms with Crippen molar-refractivity contribution in [2.24, 2.45) is 0 Å². The predicted molar refractivity (Wildman–Crippen MR) is 70.6 cm³/mol. The molecule has 0 N–H and O–H groups in total. The zero-order chi connectivity index (χ0) is 14.9. The summed E-state index contributed by atoms with van der Waals surface area (Å²) in [7, 11) is -4.51. The monoisotopic (exact) mass is 338 g/mol. The molecule has 0 saturated heterocycles. The summed E-state index contributed by atoms with van der Waals surface area (Å²) >= 11 is 11.4. The summed E-state index contributed by atoms with van der Waals surface area (Å²) in [5.74, 6) is -2.18. The third-order valence-corrected chi connectivity index (χ3v) is 4.26. The number of hydrogen-bond donors (Lipinski definition) is 0. The van der Waals surface area contributed by atoms with Crippen molar-refractivity contribution in [1.82, 2.24) is 0 Å². The van der Waals surface area contributed by atoms with E-state index in [9.17, 15) is 17.2 Å². The predicted octanol–water partition coefficient (Wildman–Crippen LogP) is 4.04. The molecule has 0 atom stereocenters. The Kier molecular flexibility index (Phi) is 4.17. The molecule has 0 unspecified atom stereocenters. The summed E-state index contributed by atoms with van der Waals surface area (Å²) in [6.45, 7) is 0. The van der Waals surface area contributed by atoms with Gasteiger partial charge in [0.15, 0.2) is 0 Å². The molecule has 0 radical (unpaired) electrons. The zero-order valence-electron chi connectivity index (χ0n) is 9.61. The van der Waals surface area contributed by atoms with Gasteiger partial charge in [-0.3, -0.25) is 0 Å². The van der Waals surface area contributed by atoms with Crippen LogP contribution in [-0.4, -0.2) is 8.42 Å². The van der Waals surface area contributed by atoms with Crippen molar-refractivity contribution in [3.05, 3.63) is 58.1 Å². The van der Waals surface area contributed by atoms with Crippen LogP contribution in [0.3, 0.4) is 0 Å². The minimum absolute atomic E-state index is 0.0686. The second-order valence-corrected chi connectivity index (χ2v) is 6.02. The molecular weight excluding hydrogens is 333 g/mol. The minimum Gasteiger partial charge on any atom is -0.379 e. The van der Waals surface area contributed by atoms with Gasteiger partial charge in [-0.2, -0.15) is 8.42 Å². The van der Waals surface area contributed by atoms with Crippen molar-refractivity contribution in [2.45, 2.75) is 4.90 Å². The van der Waals surface area contributed by atoms with Crippen LogP contribution in [-0.2, 0) is 10.1 Å². The first-order chi connectivity index (χ1) is 9.29. The van der Waals surface area contributed by atoms with Crippen molar-refractivity contribution < 1.29 is 21.4 Å². The third kappa shape index (κ3) is 3.20. The van der Waals surface area contributed by atoms with Crippen LogP contribution in [0.4, 0.5) is 8.78 Å². The molecule has 0 amide bonds. The van der Waals surface area contributed by atoms with Crippen LogP contribution in [0, 0.1) is 11.6 Å². The van der Waals surface area contributed by atoms with Gasteiger partial charge in [-0.15, -0.1) is 0 Å². The van der Waals surface area contributed by atoms with E-state index in [1.54, 1.807) is 0 Å². The van der Waals surface area contributed by atoms with Crippen LogP contribution in [0.1, 0.15) is 0 Å². The summed E-state index contributed by atoms with van der Waals surface area (Å²) in [5, 5.41) is 0.271. The largest absolute Gasteiger partial charge is 0.379 e. The second-order valence-electron chi connectivity index (χ2n) is 3.69. The lowest BCUT2D eigenvalue weighted by molar-refractivity contribution is 0.474. The van der Waals surface area contributed by atoms with Gasteiger partial charge in [-0.1, -0.05) is 23.2 Å². The van der Waals surface area contributed by atoms with Gasteiger partial charge in [0.05, 0.1) is 10.0 Å². The highest BCUT2D eigenvalue weighted by molar-refractivity contribution is 7.87. The van der Waals surface area contributed by atoms with E-state index >= 15 is 0 Å².